The summed E-state index contributed by atoms with van der Waals surface area (Å²) in [6.07, 6.45) is -0.938. The molecular formula is C2H3IN2O2. The first kappa shape index (κ1) is 5.10. The van der Waals surface area contributed by atoms with Crippen molar-refractivity contribution < 1.29 is 9.84 Å². The summed E-state index contributed by atoms with van der Waals surface area (Å²) in [4.78, 5) is 0. The van der Waals surface area contributed by atoms with Crippen LogP contribution in [0.25, 0.3) is 0 Å². The van der Waals surface area contributed by atoms with E-state index >= 15 is 0 Å². The average Bonchev–Trinajstić information content (AvgIpc) is 1.87. The summed E-state index contributed by atoms with van der Waals surface area (Å²) in [5.74, 6) is 0. The smallest absolute Gasteiger partial charge is 0.296 e. The summed E-state index contributed by atoms with van der Waals surface area (Å²) in [5.41, 5.74) is 2.28. The van der Waals surface area contributed by atoms with Gasteiger partial charge in [-0.3, -0.25) is 0 Å². The molecule has 0 aromatic heterocycles. The normalized spacial score (nSPS) is 28.3. The van der Waals surface area contributed by atoms with Gasteiger partial charge in [0.2, 0.25) is 0 Å². The number of rotatable bonds is 0. The number of nitrogens with zero attached hydrogens (tertiary/aromatic N) is 1. The van der Waals surface area contributed by atoms with Crippen LogP contribution in [-0.4, -0.2) is 15.4 Å². The lowest BCUT2D eigenvalue weighted by Crippen LogP contribution is -2.19. The van der Waals surface area contributed by atoms with Crippen molar-refractivity contribution in [1.29, 1.82) is 0 Å². The molecule has 0 aromatic carbocycles. The standard InChI is InChI=1S/C2H3IN2O2/c3-1-4-5-2(6)7-1/h2,5-6H. The van der Waals surface area contributed by atoms with Crippen molar-refractivity contribution in [3.05, 3.63) is 0 Å². The van der Waals surface area contributed by atoms with Gasteiger partial charge in [0.25, 0.3) is 10.3 Å². The summed E-state index contributed by atoms with van der Waals surface area (Å²) in [6, 6.07) is 0. The van der Waals surface area contributed by atoms with E-state index in [0.717, 1.165) is 0 Å². The number of halogens is 1. The second kappa shape index (κ2) is 1.83. The van der Waals surface area contributed by atoms with Crippen LogP contribution in [0, 0.1) is 0 Å². The van der Waals surface area contributed by atoms with Crippen molar-refractivity contribution in [2.45, 2.75) is 6.41 Å². The molecule has 1 heterocycles. The zero-order valence-electron chi connectivity index (χ0n) is 3.26. The maximum Gasteiger partial charge on any atom is 0.296 e. The van der Waals surface area contributed by atoms with E-state index in [-0.39, 0.29) is 0 Å². The van der Waals surface area contributed by atoms with E-state index in [1.807, 2.05) is 22.6 Å². The number of nitrogens with one attached hydrogen (secondary N) is 1. The number of ether oxygens (including phenoxy) is 1. The molecule has 5 heteroatoms. The predicted octanol–water partition coefficient (Wildman–Crippen LogP) is -0.412. The number of hydrogen-bond donors (Lipinski definition) is 2. The molecule has 2 N–H and O–H groups in total. The number of aliphatic hydroxyl groups is 1. The average molecular weight is 214 g/mol. The zero-order chi connectivity index (χ0) is 5.28. The van der Waals surface area contributed by atoms with E-state index in [1.54, 1.807) is 0 Å². The third kappa shape index (κ3) is 1.16. The zero-order valence-corrected chi connectivity index (χ0v) is 5.42. The highest BCUT2D eigenvalue weighted by Crippen LogP contribution is 2.00. The molecule has 0 saturated carbocycles. The number of hydrazone groups is 1. The molecule has 1 aliphatic rings. The van der Waals surface area contributed by atoms with Crippen LogP contribution in [0.15, 0.2) is 5.10 Å². The van der Waals surface area contributed by atoms with Crippen LogP contribution in [0.4, 0.5) is 0 Å². The predicted molar refractivity (Wildman–Crippen MR) is 31.7 cm³/mol. The molecule has 0 aromatic rings. The van der Waals surface area contributed by atoms with Crippen LogP contribution in [0.5, 0.6) is 0 Å². The molecule has 1 unspecified atom stereocenters. The van der Waals surface area contributed by atoms with Crippen molar-refractivity contribution >= 4 is 26.5 Å². The van der Waals surface area contributed by atoms with Gasteiger partial charge in [0.15, 0.2) is 0 Å². The second-order valence-electron chi connectivity index (χ2n) is 0.964. The van der Waals surface area contributed by atoms with Crippen molar-refractivity contribution in [1.82, 2.24) is 5.43 Å². The molecule has 4 nitrogen and oxygen atoms in total. The number of aliphatic hydroxyl groups excluding tert-OH is 1. The van der Waals surface area contributed by atoms with Crippen molar-refractivity contribution in [2.24, 2.45) is 5.10 Å². The van der Waals surface area contributed by atoms with Gasteiger partial charge >= 0.3 is 0 Å². The molecule has 0 fully saturated rings. The highest BCUT2D eigenvalue weighted by molar-refractivity contribution is 14.1. The molecular weight excluding hydrogens is 211 g/mol. The van der Waals surface area contributed by atoms with Gasteiger partial charge in [-0.05, 0) is 0 Å². The lowest BCUT2D eigenvalue weighted by Gasteiger charge is -1.96. The first-order chi connectivity index (χ1) is 3.29. The summed E-state index contributed by atoms with van der Waals surface area (Å²) >= 11 is 1.85. The molecule has 1 atom stereocenters. The van der Waals surface area contributed by atoms with Crippen molar-refractivity contribution in [3.63, 3.8) is 0 Å². The molecule has 0 spiro atoms. The summed E-state index contributed by atoms with van der Waals surface area (Å²) in [7, 11) is 0. The van der Waals surface area contributed by atoms with E-state index in [2.05, 4.69) is 15.3 Å². The molecule has 0 saturated heterocycles. The maximum atomic E-state index is 8.45. The van der Waals surface area contributed by atoms with Crippen molar-refractivity contribution in [2.75, 3.05) is 0 Å². The van der Waals surface area contributed by atoms with Crippen LogP contribution >= 0.6 is 22.6 Å². The fourth-order valence-electron chi connectivity index (χ4n) is 0.251. The lowest BCUT2D eigenvalue weighted by atomic mass is 11.2. The Morgan fingerprint density at radius 2 is 2.71 bits per heavy atom. The lowest BCUT2D eigenvalue weighted by molar-refractivity contribution is -0.0304. The molecule has 7 heavy (non-hydrogen) atoms. The van der Waals surface area contributed by atoms with E-state index < -0.39 is 6.41 Å². The second-order valence-corrected chi connectivity index (χ2v) is 1.89. The Balaban J connectivity index is 2.42. The largest absolute Gasteiger partial charge is 0.422 e. The van der Waals surface area contributed by atoms with Crippen LogP contribution in [0.1, 0.15) is 0 Å². The monoisotopic (exact) mass is 214 g/mol. The summed E-state index contributed by atoms with van der Waals surface area (Å²) in [5, 5.41) is 11.9. The SMILES string of the molecule is OC1NN=C(I)O1. The highest BCUT2D eigenvalue weighted by Gasteiger charge is 2.10. The third-order valence-corrected chi connectivity index (χ3v) is 0.967. The topological polar surface area (TPSA) is 53.8 Å². The van der Waals surface area contributed by atoms with E-state index in [1.165, 1.54) is 0 Å². The van der Waals surface area contributed by atoms with Crippen LogP contribution < -0.4 is 5.43 Å². The summed E-state index contributed by atoms with van der Waals surface area (Å²) in [6.45, 7) is 0. The fourth-order valence-corrected chi connectivity index (χ4v) is 0.631. The Bertz CT molecular complexity index is 104. The van der Waals surface area contributed by atoms with Gasteiger partial charge in [-0.1, -0.05) is 0 Å². The minimum atomic E-state index is -0.938. The Labute approximate surface area is 53.7 Å². The Morgan fingerprint density at radius 3 is 2.86 bits per heavy atom. The molecule has 1 aliphatic heterocycles. The highest BCUT2D eigenvalue weighted by atomic mass is 127. The maximum absolute atomic E-state index is 8.45. The number of hydrogen-bond acceptors (Lipinski definition) is 4. The van der Waals surface area contributed by atoms with E-state index in [9.17, 15) is 0 Å². The van der Waals surface area contributed by atoms with Gasteiger partial charge in [0.05, 0.1) is 0 Å². The molecule has 0 aliphatic carbocycles. The van der Waals surface area contributed by atoms with Gasteiger partial charge in [0, 0.05) is 22.6 Å². The van der Waals surface area contributed by atoms with Gasteiger partial charge in [-0.15, -0.1) is 5.10 Å². The molecule has 1 rings (SSSR count). The van der Waals surface area contributed by atoms with Gasteiger partial charge in [-0.25, -0.2) is 5.43 Å². The Kier molecular flexibility index (Phi) is 1.33. The summed E-state index contributed by atoms with van der Waals surface area (Å²) < 4.78 is 4.98. The Morgan fingerprint density at radius 1 is 2.00 bits per heavy atom. The van der Waals surface area contributed by atoms with E-state index in [0.29, 0.717) is 3.90 Å². The van der Waals surface area contributed by atoms with Crippen LogP contribution in [0.3, 0.4) is 0 Å². The van der Waals surface area contributed by atoms with Gasteiger partial charge in [0.1, 0.15) is 0 Å². The fraction of sp³-hybridized carbons (Fsp3) is 0.500. The van der Waals surface area contributed by atoms with Crippen LogP contribution in [-0.2, 0) is 4.74 Å². The molecule has 0 radical (unpaired) electrons. The minimum Gasteiger partial charge on any atom is -0.422 e. The first-order valence-electron chi connectivity index (χ1n) is 1.62. The van der Waals surface area contributed by atoms with E-state index in [4.69, 9.17) is 5.11 Å². The minimum absolute atomic E-state index is 0.435. The third-order valence-electron chi connectivity index (χ3n) is 0.472. The Hall–Kier alpha value is -0.0400. The van der Waals surface area contributed by atoms with Gasteiger partial charge in [-0.2, -0.15) is 0 Å². The van der Waals surface area contributed by atoms with Crippen molar-refractivity contribution in [3.8, 4) is 0 Å². The van der Waals surface area contributed by atoms with Crippen LogP contribution in [0.2, 0.25) is 0 Å². The molecule has 0 bridgehead atoms. The molecule has 0 amide bonds. The first-order valence-corrected chi connectivity index (χ1v) is 2.70. The van der Waals surface area contributed by atoms with Gasteiger partial charge < -0.3 is 9.84 Å². The molecule has 40 valence electrons. The quantitative estimate of drug-likeness (QED) is 0.539.